The third-order valence-electron chi connectivity index (χ3n) is 2.33. The fourth-order valence-corrected chi connectivity index (χ4v) is 1.29. The topological polar surface area (TPSA) is 70.6 Å². The minimum Gasteiger partial charge on any atom is -0.351 e. The second-order valence-electron chi connectivity index (χ2n) is 5.16. The Bertz CT molecular complexity index is 316. The van der Waals surface area contributed by atoms with Crippen LogP contribution in [0.15, 0.2) is 5.10 Å². The summed E-state index contributed by atoms with van der Waals surface area (Å²) in [4.78, 5) is 22.4. The molecule has 0 aromatic rings. The van der Waals surface area contributed by atoms with Gasteiger partial charge in [0.15, 0.2) is 0 Å². The molecule has 5 heteroatoms. The van der Waals surface area contributed by atoms with Crippen molar-refractivity contribution in [2.45, 2.75) is 40.0 Å². The highest BCUT2D eigenvalue weighted by Gasteiger charge is 2.18. The van der Waals surface area contributed by atoms with E-state index in [9.17, 15) is 9.59 Å². The lowest BCUT2D eigenvalue weighted by molar-refractivity contribution is -0.121. The SMILES string of the molecule is CC(C)(C)CCNC(=O)C1=NNC(=O)CC1. The molecule has 0 fully saturated rings. The molecule has 0 aliphatic carbocycles. The third-order valence-corrected chi connectivity index (χ3v) is 2.33. The fourth-order valence-electron chi connectivity index (χ4n) is 1.29. The first-order chi connectivity index (χ1) is 7.38. The van der Waals surface area contributed by atoms with Crippen LogP contribution in [0.3, 0.4) is 0 Å². The van der Waals surface area contributed by atoms with Gasteiger partial charge in [0, 0.05) is 19.4 Å². The maximum atomic E-state index is 11.6. The Kier molecular flexibility index (Phi) is 4.04. The second kappa shape index (κ2) is 5.09. The molecule has 2 N–H and O–H groups in total. The molecule has 0 unspecified atom stereocenters. The Morgan fingerprint density at radius 3 is 2.62 bits per heavy atom. The number of nitrogens with zero attached hydrogens (tertiary/aromatic N) is 1. The van der Waals surface area contributed by atoms with E-state index in [0.717, 1.165) is 6.42 Å². The van der Waals surface area contributed by atoms with Crippen molar-refractivity contribution in [2.24, 2.45) is 10.5 Å². The Balaban J connectivity index is 2.33. The van der Waals surface area contributed by atoms with Crippen LogP contribution in [-0.2, 0) is 9.59 Å². The van der Waals surface area contributed by atoms with Gasteiger partial charge in [0.1, 0.15) is 5.71 Å². The van der Waals surface area contributed by atoms with Crippen molar-refractivity contribution in [3.8, 4) is 0 Å². The van der Waals surface area contributed by atoms with E-state index in [1.54, 1.807) is 0 Å². The molecule has 1 aliphatic rings. The van der Waals surface area contributed by atoms with Gasteiger partial charge in [-0.05, 0) is 11.8 Å². The van der Waals surface area contributed by atoms with Gasteiger partial charge in [-0.3, -0.25) is 9.59 Å². The minimum atomic E-state index is -0.177. The van der Waals surface area contributed by atoms with Gasteiger partial charge in [0.05, 0.1) is 0 Å². The Morgan fingerprint density at radius 1 is 1.44 bits per heavy atom. The van der Waals surface area contributed by atoms with E-state index < -0.39 is 0 Å². The Morgan fingerprint density at radius 2 is 2.12 bits per heavy atom. The van der Waals surface area contributed by atoms with E-state index in [4.69, 9.17) is 0 Å². The number of carbonyl (C=O) groups is 2. The number of rotatable bonds is 3. The second-order valence-corrected chi connectivity index (χ2v) is 5.16. The van der Waals surface area contributed by atoms with Crippen molar-refractivity contribution in [2.75, 3.05) is 6.54 Å². The lowest BCUT2D eigenvalue weighted by atomic mass is 9.92. The standard InChI is InChI=1S/C11H19N3O2/c1-11(2,3)6-7-12-10(16)8-4-5-9(15)14-13-8/h4-7H2,1-3H3,(H,12,16)(H,14,15). The van der Waals surface area contributed by atoms with Gasteiger partial charge in [-0.15, -0.1) is 0 Å². The molecule has 0 spiro atoms. The van der Waals surface area contributed by atoms with Crippen molar-refractivity contribution in [1.29, 1.82) is 0 Å². The molecule has 5 nitrogen and oxygen atoms in total. The summed E-state index contributed by atoms with van der Waals surface area (Å²) in [5.41, 5.74) is 2.92. The van der Waals surface area contributed by atoms with Gasteiger partial charge in [-0.1, -0.05) is 20.8 Å². The molecule has 16 heavy (non-hydrogen) atoms. The van der Waals surface area contributed by atoms with Crippen LogP contribution in [-0.4, -0.2) is 24.1 Å². The molecule has 1 heterocycles. The summed E-state index contributed by atoms with van der Waals surface area (Å²) in [6.45, 7) is 7.00. The summed E-state index contributed by atoms with van der Waals surface area (Å²) >= 11 is 0. The average Bonchev–Trinajstić information content (AvgIpc) is 2.16. The van der Waals surface area contributed by atoms with Crippen LogP contribution in [0.5, 0.6) is 0 Å². The summed E-state index contributed by atoms with van der Waals surface area (Å²) in [5, 5.41) is 6.53. The normalized spacial score (nSPS) is 16.4. The number of amides is 2. The fraction of sp³-hybridized carbons (Fsp3) is 0.727. The predicted octanol–water partition coefficient (Wildman–Crippen LogP) is 0.805. The molecule has 2 amide bonds. The van der Waals surface area contributed by atoms with Crippen LogP contribution in [0.4, 0.5) is 0 Å². The van der Waals surface area contributed by atoms with E-state index >= 15 is 0 Å². The van der Waals surface area contributed by atoms with Crippen LogP contribution >= 0.6 is 0 Å². The first kappa shape index (κ1) is 12.7. The predicted molar refractivity (Wildman–Crippen MR) is 61.9 cm³/mol. The van der Waals surface area contributed by atoms with E-state index in [1.165, 1.54) is 0 Å². The van der Waals surface area contributed by atoms with Crippen molar-refractivity contribution in [1.82, 2.24) is 10.7 Å². The molecule has 0 aromatic heterocycles. The van der Waals surface area contributed by atoms with Crippen molar-refractivity contribution >= 4 is 17.5 Å². The van der Waals surface area contributed by atoms with Gasteiger partial charge in [-0.2, -0.15) is 5.10 Å². The monoisotopic (exact) mass is 225 g/mol. The number of hydrazone groups is 1. The summed E-state index contributed by atoms with van der Waals surface area (Å²) in [5.74, 6) is -0.310. The molecule has 0 saturated carbocycles. The van der Waals surface area contributed by atoms with Crippen LogP contribution < -0.4 is 10.7 Å². The largest absolute Gasteiger partial charge is 0.351 e. The third kappa shape index (κ3) is 4.42. The number of nitrogens with one attached hydrogen (secondary N) is 2. The Hall–Kier alpha value is -1.39. The molecular formula is C11H19N3O2. The van der Waals surface area contributed by atoms with Gasteiger partial charge in [0.25, 0.3) is 5.91 Å². The minimum absolute atomic E-state index is 0.133. The smallest absolute Gasteiger partial charge is 0.267 e. The maximum absolute atomic E-state index is 11.6. The van der Waals surface area contributed by atoms with Gasteiger partial charge in [-0.25, -0.2) is 5.43 Å². The summed E-state index contributed by atoms with van der Waals surface area (Å²) in [6.07, 6.45) is 1.68. The number of hydrogen-bond acceptors (Lipinski definition) is 3. The number of hydrogen-bond donors (Lipinski definition) is 2. The molecule has 0 saturated heterocycles. The lowest BCUT2D eigenvalue weighted by Crippen LogP contribution is -2.37. The van der Waals surface area contributed by atoms with Crippen LogP contribution in [0, 0.1) is 5.41 Å². The van der Waals surface area contributed by atoms with Crippen molar-refractivity contribution < 1.29 is 9.59 Å². The first-order valence-corrected chi connectivity index (χ1v) is 5.52. The quantitative estimate of drug-likeness (QED) is 0.746. The molecule has 1 rings (SSSR count). The lowest BCUT2D eigenvalue weighted by Gasteiger charge is -2.18. The first-order valence-electron chi connectivity index (χ1n) is 5.52. The molecule has 0 atom stereocenters. The van der Waals surface area contributed by atoms with Crippen molar-refractivity contribution in [3.05, 3.63) is 0 Å². The van der Waals surface area contributed by atoms with E-state index in [1.807, 2.05) is 0 Å². The molecule has 0 radical (unpaired) electrons. The van der Waals surface area contributed by atoms with E-state index in [2.05, 4.69) is 36.6 Å². The molecule has 0 bridgehead atoms. The highest BCUT2D eigenvalue weighted by molar-refractivity contribution is 6.39. The highest BCUT2D eigenvalue weighted by atomic mass is 16.2. The van der Waals surface area contributed by atoms with Crippen LogP contribution in [0.25, 0.3) is 0 Å². The van der Waals surface area contributed by atoms with Crippen molar-refractivity contribution in [3.63, 3.8) is 0 Å². The molecule has 1 aliphatic heterocycles. The molecule has 90 valence electrons. The van der Waals surface area contributed by atoms with Gasteiger partial charge in [0.2, 0.25) is 5.91 Å². The maximum Gasteiger partial charge on any atom is 0.267 e. The average molecular weight is 225 g/mol. The van der Waals surface area contributed by atoms with Crippen LogP contribution in [0.1, 0.15) is 40.0 Å². The number of carbonyl (C=O) groups excluding carboxylic acids is 2. The molecular weight excluding hydrogens is 206 g/mol. The summed E-state index contributed by atoms with van der Waals surface area (Å²) < 4.78 is 0. The summed E-state index contributed by atoms with van der Waals surface area (Å²) in [7, 11) is 0. The van der Waals surface area contributed by atoms with Gasteiger partial charge < -0.3 is 5.32 Å². The zero-order chi connectivity index (χ0) is 12.2. The summed E-state index contributed by atoms with van der Waals surface area (Å²) in [6, 6.07) is 0. The zero-order valence-electron chi connectivity index (χ0n) is 10.1. The van der Waals surface area contributed by atoms with Crippen LogP contribution in [0.2, 0.25) is 0 Å². The van der Waals surface area contributed by atoms with Gasteiger partial charge >= 0.3 is 0 Å². The zero-order valence-corrected chi connectivity index (χ0v) is 10.1. The molecule has 0 aromatic carbocycles. The van der Waals surface area contributed by atoms with E-state index in [0.29, 0.717) is 25.1 Å². The highest BCUT2D eigenvalue weighted by Crippen LogP contribution is 2.16. The Labute approximate surface area is 95.7 Å². The van der Waals surface area contributed by atoms with E-state index in [-0.39, 0.29) is 17.2 Å².